The van der Waals surface area contributed by atoms with Crippen LogP contribution < -0.4 is 0 Å². The van der Waals surface area contributed by atoms with E-state index in [0.717, 1.165) is 6.42 Å². The van der Waals surface area contributed by atoms with E-state index in [1.54, 1.807) is 36.4 Å². The van der Waals surface area contributed by atoms with Crippen LogP contribution in [0.4, 0.5) is 0 Å². The molecule has 0 aliphatic rings. The highest BCUT2D eigenvalue weighted by molar-refractivity contribution is 8.09. The lowest BCUT2D eigenvalue weighted by Crippen LogP contribution is -2.33. The quantitative estimate of drug-likeness (QED) is 0.704. The first-order chi connectivity index (χ1) is 12.3. The first kappa shape index (κ1) is 20.6. The zero-order valence-electron chi connectivity index (χ0n) is 14.7. The predicted octanol–water partition coefficient (Wildman–Crippen LogP) is 3.06. The van der Waals surface area contributed by atoms with Gasteiger partial charge >= 0.3 is 0 Å². The van der Waals surface area contributed by atoms with Gasteiger partial charge in [-0.1, -0.05) is 49.7 Å². The van der Waals surface area contributed by atoms with Gasteiger partial charge in [0.15, 0.2) is 24.3 Å². The van der Waals surface area contributed by atoms with Crippen molar-refractivity contribution in [3.8, 4) is 0 Å². The summed E-state index contributed by atoms with van der Waals surface area (Å²) in [6.45, 7) is 1.66. The lowest BCUT2D eigenvalue weighted by atomic mass is 10.0. The summed E-state index contributed by atoms with van der Waals surface area (Å²) < 4.78 is 51.0. The molecule has 1 N–H and O–H groups in total. The summed E-state index contributed by atoms with van der Waals surface area (Å²) in [5.41, 5.74) is 0. The first-order valence-electron chi connectivity index (χ1n) is 8.52. The summed E-state index contributed by atoms with van der Waals surface area (Å²) in [5.74, 6) is -0.401. The van der Waals surface area contributed by atoms with Gasteiger partial charge < -0.3 is 5.11 Å². The molecule has 2 aromatic carbocycles. The normalized spacial score (nSPS) is 13.7. The number of aliphatic hydroxyl groups excluding tert-OH is 1. The summed E-state index contributed by atoms with van der Waals surface area (Å²) in [7, 11) is -8.26. The van der Waals surface area contributed by atoms with E-state index in [2.05, 4.69) is 0 Å². The molecule has 142 valence electrons. The topological polar surface area (TPSA) is 88.5 Å². The van der Waals surface area contributed by atoms with Crippen LogP contribution in [0.5, 0.6) is 0 Å². The van der Waals surface area contributed by atoms with Crippen LogP contribution in [0.1, 0.15) is 26.2 Å². The van der Waals surface area contributed by atoms with Gasteiger partial charge in [-0.15, -0.1) is 0 Å². The van der Waals surface area contributed by atoms with Crippen molar-refractivity contribution >= 4 is 19.7 Å². The fraction of sp³-hybridized carbons (Fsp3) is 0.368. The minimum Gasteiger partial charge on any atom is -0.396 e. The Balaban J connectivity index is 2.56. The molecule has 0 aliphatic heterocycles. The average Bonchev–Trinajstić information content (AvgIpc) is 2.66. The highest BCUT2D eigenvalue weighted by Crippen LogP contribution is 2.31. The van der Waals surface area contributed by atoms with E-state index in [9.17, 15) is 21.9 Å². The fourth-order valence-electron chi connectivity index (χ4n) is 2.91. The number of aliphatic hydroxyl groups is 1. The van der Waals surface area contributed by atoms with Crippen molar-refractivity contribution < 1.29 is 21.9 Å². The molecule has 0 saturated carbocycles. The number of hydrogen-bond acceptors (Lipinski definition) is 5. The number of rotatable bonds is 9. The van der Waals surface area contributed by atoms with E-state index < -0.39 is 30.2 Å². The Morgan fingerprint density at radius 3 is 1.58 bits per heavy atom. The van der Waals surface area contributed by atoms with Crippen LogP contribution in [0, 0.1) is 5.92 Å². The molecule has 1 unspecified atom stereocenters. The van der Waals surface area contributed by atoms with E-state index in [1.807, 2.05) is 6.92 Å². The van der Waals surface area contributed by atoms with Crippen LogP contribution >= 0.6 is 0 Å². The minimum atomic E-state index is -4.13. The van der Waals surface area contributed by atoms with Crippen LogP contribution in [0.25, 0.3) is 0 Å². The Morgan fingerprint density at radius 2 is 1.23 bits per heavy atom. The molecule has 5 nitrogen and oxygen atoms in total. The molecule has 2 rings (SSSR count). The standard InChI is InChI=1S/C19H24O5S2/c1-2-9-16(15-20)14-19(25(21,22)17-10-5-3-6-11-17)26(23,24)18-12-7-4-8-13-18/h3-8,10-13,16,19-20H,2,9,14-15H2,1H3. The molecular formula is C19H24O5S2. The third-order valence-electron chi connectivity index (χ3n) is 4.32. The Kier molecular flexibility index (Phi) is 6.97. The van der Waals surface area contributed by atoms with E-state index in [0.29, 0.717) is 6.42 Å². The molecule has 2 aromatic rings. The molecule has 0 fully saturated rings. The third-order valence-corrected chi connectivity index (χ3v) is 9.46. The molecule has 1 atom stereocenters. The van der Waals surface area contributed by atoms with Crippen LogP contribution in [-0.2, 0) is 19.7 Å². The zero-order chi connectivity index (χ0) is 19.2. The van der Waals surface area contributed by atoms with E-state index >= 15 is 0 Å². The molecule has 0 bridgehead atoms. The molecular weight excluding hydrogens is 372 g/mol. The Bertz CT molecular complexity index is 822. The highest BCUT2D eigenvalue weighted by Gasteiger charge is 2.41. The van der Waals surface area contributed by atoms with Gasteiger partial charge in [0.1, 0.15) is 0 Å². The predicted molar refractivity (Wildman–Crippen MR) is 101 cm³/mol. The fourth-order valence-corrected chi connectivity index (χ4v) is 7.64. The van der Waals surface area contributed by atoms with E-state index in [-0.39, 0.29) is 22.8 Å². The maximum atomic E-state index is 13.1. The van der Waals surface area contributed by atoms with Crippen molar-refractivity contribution in [3.63, 3.8) is 0 Å². The van der Waals surface area contributed by atoms with Gasteiger partial charge in [0.05, 0.1) is 9.79 Å². The number of hydrogen-bond donors (Lipinski definition) is 1. The molecule has 0 amide bonds. The summed E-state index contributed by atoms with van der Waals surface area (Å²) in [5, 5.41) is 9.59. The van der Waals surface area contributed by atoms with Crippen molar-refractivity contribution in [2.75, 3.05) is 6.61 Å². The molecule has 0 spiro atoms. The van der Waals surface area contributed by atoms with Gasteiger partial charge in [0, 0.05) is 6.61 Å². The highest BCUT2D eigenvalue weighted by atomic mass is 32.3. The SMILES string of the molecule is CCCC(CO)CC(S(=O)(=O)c1ccccc1)S(=O)(=O)c1ccccc1. The summed E-state index contributed by atoms with van der Waals surface area (Å²) in [6, 6.07) is 15.2. The van der Waals surface area contributed by atoms with Gasteiger partial charge in [-0.3, -0.25) is 0 Å². The maximum absolute atomic E-state index is 13.1. The largest absolute Gasteiger partial charge is 0.396 e. The third kappa shape index (κ3) is 4.52. The maximum Gasteiger partial charge on any atom is 0.195 e. The van der Waals surface area contributed by atoms with Crippen molar-refractivity contribution in [2.45, 2.75) is 40.6 Å². The van der Waals surface area contributed by atoms with Gasteiger partial charge in [0.25, 0.3) is 0 Å². The second kappa shape index (κ2) is 8.79. The van der Waals surface area contributed by atoms with Gasteiger partial charge in [0.2, 0.25) is 0 Å². The lowest BCUT2D eigenvalue weighted by molar-refractivity contribution is 0.212. The average molecular weight is 397 g/mol. The second-order valence-electron chi connectivity index (χ2n) is 6.22. The van der Waals surface area contributed by atoms with Crippen LogP contribution in [0.15, 0.2) is 70.5 Å². The molecule has 0 aliphatic carbocycles. The van der Waals surface area contributed by atoms with Crippen LogP contribution in [0.3, 0.4) is 0 Å². The van der Waals surface area contributed by atoms with E-state index in [4.69, 9.17) is 0 Å². The Hall–Kier alpha value is -1.70. The van der Waals surface area contributed by atoms with Crippen LogP contribution in [0.2, 0.25) is 0 Å². The second-order valence-corrected chi connectivity index (χ2v) is 10.8. The lowest BCUT2D eigenvalue weighted by Gasteiger charge is -2.22. The van der Waals surface area contributed by atoms with Gasteiger partial charge in [-0.05, 0) is 43.0 Å². The molecule has 26 heavy (non-hydrogen) atoms. The molecule has 0 radical (unpaired) electrons. The Labute approximate surface area is 155 Å². The van der Waals surface area contributed by atoms with Gasteiger partial charge in [-0.2, -0.15) is 0 Å². The molecule has 0 aromatic heterocycles. The number of benzene rings is 2. The minimum absolute atomic E-state index is 0.0299. The monoisotopic (exact) mass is 396 g/mol. The molecule has 0 heterocycles. The van der Waals surface area contributed by atoms with Crippen molar-refractivity contribution in [1.82, 2.24) is 0 Å². The van der Waals surface area contributed by atoms with Crippen molar-refractivity contribution in [2.24, 2.45) is 5.92 Å². The summed E-state index contributed by atoms with van der Waals surface area (Å²) >= 11 is 0. The first-order valence-corrected chi connectivity index (χ1v) is 11.6. The van der Waals surface area contributed by atoms with Gasteiger partial charge in [-0.25, -0.2) is 16.8 Å². The molecule has 7 heteroatoms. The molecule has 0 saturated heterocycles. The summed E-state index contributed by atoms with van der Waals surface area (Å²) in [6.07, 6.45) is 1.15. The van der Waals surface area contributed by atoms with Crippen molar-refractivity contribution in [1.29, 1.82) is 0 Å². The van der Waals surface area contributed by atoms with Crippen molar-refractivity contribution in [3.05, 3.63) is 60.7 Å². The van der Waals surface area contributed by atoms with E-state index in [1.165, 1.54) is 24.3 Å². The number of sulfone groups is 2. The zero-order valence-corrected chi connectivity index (χ0v) is 16.3. The summed E-state index contributed by atoms with van der Waals surface area (Å²) in [4.78, 5) is -0.0598. The Morgan fingerprint density at radius 1 is 0.808 bits per heavy atom. The van der Waals surface area contributed by atoms with Crippen LogP contribution in [-0.4, -0.2) is 33.1 Å². The smallest absolute Gasteiger partial charge is 0.195 e.